The molecule has 0 radical (unpaired) electrons. The van der Waals surface area contributed by atoms with E-state index in [4.69, 9.17) is 0 Å². The highest BCUT2D eigenvalue weighted by molar-refractivity contribution is 8.00. The minimum Gasteiger partial charge on any atom is -0.257 e. The van der Waals surface area contributed by atoms with Crippen LogP contribution in [0.15, 0.2) is 17.4 Å². The number of hydrogen-bond donors (Lipinski definition) is 0. The molecule has 0 aliphatic carbocycles. The van der Waals surface area contributed by atoms with Crippen molar-refractivity contribution in [2.45, 2.75) is 30.3 Å². The monoisotopic (exact) mass is 222 g/mol. The normalized spacial score (nSPS) is 12.1. The van der Waals surface area contributed by atoms with Gasteiger partial charge in [-0.3, -0.25) is 4.98 Å². The molecular weight excluding hydrogens is 213 g/mol. The van der Waals surface area contributed by atoms with E-state index in [9.17, 15) is 13.2 Å². The van der Waals surface area contributed by atoms with Gasteiger partial charge in [-0.15, -0.1) is 0 Å². The maximum Gasteiger partial charge on any atom is 0.447 e. The summed E-state index contributed by atoms with van der Waals surface area (Å²) in [6, 6.07) is 0. The number of hydrogen-bond acceptors (Lipinski definition) is 3. The van der Waals surface area contributed by atoms with Crippen LogP contribution >= 0.6 is 11.8 Å². The Labute approximate surface area is 84.0 Å². The molecule has 1 aromatic heterocycles. The summed E-state index contributed by atoms with van der Waals surface area (Å²) in [5, 5.41) is -0.123. The van der Waals surface area contributed by atoms with Gasteiger partial charge in [0.1, 0.15) is 5.03 Å². The summed E-state index contributed by atoms with van der Waals surface area (Å²) < 4.78 is 35.7. The number of aromatic nitrogens is 2. The SMILES string of the molecule is CC(C)c1cnc(SC(F)(F)F)cn1. The van der Waals surface area contributed by atoms with Crippen molar-refractivity contribution in [1.29, 1.82) is 0 Å². The molecule has 0 atom stereocenters. The van der Waals surface area contributed by atoms with E-state index in [1.54, 1.807) is 0 Å². The Kier molecular flexibility index (Phi) is 3.36. The highest BCUT2D eigenvalue weighted by atomic mass is 32.2. The number of rotatable bonds is 2. The average Bonchev–Trinajstić information content (AvgIpc) is 2.02. The second kappa shape index (κ2) is 4.16. The molecule has 0 saturated carbocycles. The highest BCUT2D eigenvalue weighted by Crippen LogP contribution is 2.35. The van der Waals surface area contributed by atoms with E-state index in [0.717, 1.165) is 6.20 Å². The van der Waals surface area contributed by atoms with E-state index in [2.05, 4.69) is 9.97 Å². The summed E-state index contributed by atoms with van der Waals surface area (Å²) in [5.74, 6) is 0.174. The molecule has 0 N–H and O–H groups in total. The zero-order valence-corrected chi connectivity index (χ0v) is 8.49. The minimum atomic E-state index is -4.30. The van der Waals surface area contributed by atoms with Gasteiger partial charge in [0.25, 0.3) is 0 Å². The Bertz CT molecular complexity index is 294. The molecule has 1 rings (SSSR count). The van der Waals surface area contributed by atoms with Crippen molar-refractivity contribution in [3.05, 3.63) is 18.1 Å². The Hall–Kier alpha value is -0.780. The first kappa shape index (κ1) is 11.3. The molecule has 0 saturated heterocycles. The van der Waals surface area contributed by atoms with Crippen molar-refractivity contribution < 1.29 is 13.2 Å². The quantitative estimate of drug-likeness (QED) is 0.718. The highest BCUT2D eigenvalue weighted by Gasteiger charge is 2.30. The fourth-order valence-electron chi connectivity index (χ4n) is 0.796. The molecular formula is C8H9F3N2S. The third kappa shape index (κ3) is 3.53. The van der Waals surface area contributed by atoms with Gasteiger partial charge in [0.05, 0.1) is 11.9 Å². The topological polar surface area (TPSA) is 25.8 Å². The fourth-order valence-corrected chi connectivity index (χ4v) is 1.24. The van der Waals surface area contributed by atoms with Gasteiger partial charge >= 0.3 is 5.51 Å². The molecule has 1 aromatic rings. The van der Waals surface area contributed by atoms with Gasteiger partial charge in [0, 0.05) is 18.0 Å². The molecule has 0 unspecified atom stereocenters. The summed E-state index contributed by atoms with van der Waals surface area (Å²) in [4.78, 5) is 7.54. The summed E-state index contributed by atoms with van der Waals surface area (Å²) in [7, 11) is 0. The zero-order chi connectivity index (χ0) is 10.8. The minimum absolute atomic E-state index is 0.123. The number of alkyl halides is 3. The van der Waals surface area contributed by atoms with Crippen LogP contribution in [0.5, 0.6) is 0 Å². The third-order valence-electron chi connectivity index (χ3n) is 1.46. The smallest absolute Gasteiger partial charge is 0.257 e. The van der Waals surface area contributed by atoms with Crippen LogP contribution in [0.2, 0.25) is 0 Å². The van der Waals surface area contributed by atoms with Crippen molar-refractivity contribution in [1.82, 2.24) is 9.97 Å². The van der Waals surface area contributed by atoms with Gasteiger partial charge in [-0.1, -0.05) is 13.8 Å². The summed E-state index contributed by atoms with van der Waals surface area (Å²) in [5.41, 5.74) is -3.61. The van der Waals surface area contributed by atoms with Crippen LogP contribution in [0.3, 0.4) is 0 Å². The molecule has 0 aliphatic heterocycles. The fraction of sp³-hybridized carbons (Fsp3) is 0.500. The largest absolute Gasteiger partial charge is 0.447 e. The average molecular weight is 222 g/mol. The van der Waals surface area contributed by atoms with Crippen molar-refractivity contribution in [3.63, 3.8) is 0 Å². The van der Waals surface area contributed by atoms with Crippen LogP contribution < -0.4 is 0 Å². The van der Waals surface area contributed by atoms with Gasteiger partial charge in [0.15, 0.2) is 0 Å². The summed E-state index contributed by atoms with van der Waals surface area (Å²) >= 11 is -0.252. The van der Waals surface area contributed by atoms with Crippen molar-refractivity contribution in [2.24, 2.45) is 0 Å². The van der Waals surface area contributed by atoms with E-state index in [-0.39, 0.29) is 22.7 Å². The molecule has 0 amide bonds. The van der Waals surface area contributed by atoms with Crippen LogP contribution in [0, 0.1) is 0 Å². The van der Waals surface area contributed by atoms with E-state index in [0.29, 0.717) is 5.69 Å². The molecule has 0 spiro atoms. The number of nitrogens with zero attached hydrogens (tertiary/aromatic N) is 2. The lowest BCUT2D eigenvalue weighted by molar-refractivity contribution is -0.0329. The van der Waals surface area contributed by atoms with Crippen molar-refractivity contribution in [2.75, 3.05) is 0 Å². The van der Waals surface area contributed by atoms with Crippen LogP contribution in [-0.4, -0.2) is 15.5 Å². The molecule has 14 heavy (non-hydrogen) atoms. The molecule has 0 aliphatic rings. The number of halogens is 3. The Morgan fingerprint density at radius 1 is 1.21 bits per heavy atom. The first-order valence-corrected chi connectivity index (χ1v) is 4.78. The lowest BCUT2D eigenvalue weighted by Crippen LogP contribution is -2.01. The van der Waals surface area contributed by atoms with Gasteiger partial charge in [-0.2, -0.15) is 13.2 Å². The Morgan fingerprint density at radius 2 is 1.86 bits per heavy atom. The molecule has 2 nitrogen and oxygen atoms in total. The lowest BCUT2D eigenvalue weighted by atomic mass is 10.1. The standard InChI is InChI=1S/C8H9F3N2S/c1-5(2)6-3-13-7(4-12-6)14-8(9,10)11/h3-5H,1-2H3. The van der Waals surface area contributed by atoms with Crippen molar-refractivity contribution >= 4 is 11.8 Å². The summed E-state index contributed by atoms with van der Waals surface area (Å²) in [6.07, 6.45) is 2.52. The van der Waals surface area contributed by atoms with Gasteiger partial charge < -0.3 is 0 Å². The van der Waals surface area contributed by atoms with Crippen LogP contribution in [0.1, 0.15) is 25.5 Å². The Balaban J connectivity index is 2.74. The summed E-state index contributed by atoms with van der Waals surface area (Å²) in [6.45, 7) is 3.81. The predicted octanol–water partition coefficient (Wildman–Crippen LogP) is 3.21. The third-order valence-corrected chi connectivity index (χ3v) is 2.11. The zero-order valence-electron chi connectivity index (χ0n) is 7.67. The molecule has 6 heteroatoms. The number of thioether (sulfide) groups is 1. The van der Waals surface area contributed by atoms with E-state index < -0.39 is 5.51 Å². The van der Waals surface area contributed by atoms with E-state index in [1.807, 2.05) is 13.8 Å². The van der Waals surface area contributed by atoms with Gasteiger partial charge in [-0.25, -0.2) is 4.98 Å². The van der Waals surface area contributed by atoms with E-state index in [1.165, 1.54) is 6.20 Å². The first-order chi connectivity index (χ1) is 6.38. The van der Waals surface area contributed by atoms with Crippen molar-refractivity contribution in [3.8, 4) is 0 Å². The molecule has 1 heterocycles. The maximum atomic E-state index is 11.9. The first-order valence-electron chi connectivity index (χ1n) is 3.96. The molecule has 78 valence electrons. The predicted molar refractivity (Wildman–Crippen MR) is 48.0 cm³/mol. The lowest BCUT2D eigenvalue weighted by Gasteiger charge is -2.06. The maximum absolute atomic E-state index is 11.9. The van der Waals surface area contributed by atoms with Gasteiger partial charge in [0.2, 0.25) is 0 Å². The van der Waals surface area contributed by atoms with Crippen LogP contribution in [-0.2, 0) is 0 Å². The molecule has 0 fully saturated rings. The second-order valence-electron chi connectivity index (χ2n) is 2.98. The van der Waals surface area contributed by atoms with E-state index >= 15 is 0 Å². The second-order valence-corrected chi connectivity index (χ2v) is 4.07. The van der Waals surface area contributed by atoms with Gasteiger partial charge in [-0.05, 0) is 5.92 Å². The van der Waals surface area contributed by atoms with Crippen LogP contribution in [0.25, 0.3) is 0 Å². The Morgan fingerprint density at radius 3 is 2.21 bits per heavy atom. The van der Waals surface area contributed by atoms with Crippen LogP contribution in [0.4, 0.5) is 13.2 Å². The molecule has 0 aromatic carbocycles. The molecule has 0 bridgehead atoms.